The first-order valence-corrected chi connectivity index (χ1v) is 26.4. The maximum atomic E-state index is 12.1. The Morgan fingerprint density at radius 3 is 1.56 bits per heavy atom. The molecule has 4 N–H and O–H groups in total. The van der Waals surface area contributed by atoms with E-state index in [0.29, 0.717) is 12.4 Å². The predicted molar refractivity (Wildman–Crippen MR) is 320 cm³/mol. The molecule has 11 aromatic rings. The molecule has 3 unspecified atom stereocenters. The third-order valence-electron chi connectivity index (χ3n) is 14.1. The van der Waals surface area contributed by atoms with Crippen LogP contribution in [0.2, 0.25) is 5.02 Å². The van der Waals surface area contributed by atoms with Crippen molar-refractivity contribution >= 4 is 56.0 Å². The molecule has 12 nitrogen and oxygen atoms in total. The fraction of sp³-hybridized carbons (Fsp3) is 0.167. The summed E-state index contributed by atoms with van der Waals surface area (Å²) in [5, 5.41) is 24.8. The van der Waals surface area contributed by atoms with Crippen LogP contribution in [0.1, 0.15) is 73.3 Å². The van der Waals surface area contributed by atoms with Crippen LogP contribution in [0.5, 0.6) is 5.75 Å². The Labute approximate surface area is 465 Å². The summed E-state index contributed by atoms with van der Waals surface area (Å²) in [5.74, 6) is -0.273. The summed E-state index contributed by atoms with van der Waals surface area (Å²) >= 11 is 6.11. The average molecular weight is 1070 g/mol. The van der Waals surface area contributed by atoms with Gasteiger partial charge in [-0.05, 0) is 119 Å². The Morgan fingerprint density at radius 2 is 1.01 bits per heavy atom. The standard InChI is InChI=1S/C25H24N2O3.C23H21ClN2.C18H19N3O2/c1-27(2)24(18-11-7-4-8-12-18)22-20-15-19(30-16-17-9-5-3-6-10-17)13-14-21(20)26-23(22)25(28)29;1-26(2)23(17-8-4-3-5-9-17)21-19-10-6-7-11-20(19)25-22(21)16-12-14-18(24)15-13-16;1-12-17(18(20(2)3)13-7-5-4-6-8-13)15-11-14(21(22)23)9-10-16(15)19-12/h3-15,24,26H,16H2,1-2H3,(H,28,29);3-15,23,25H,1-2H3;4-11,18-19H,1-3H3. The minimum atomic E-state index is -0.976. The van der Waals surface area contributed by atoms with Gasteiger partial charge in [0.2, 0.25) is 0 Å². The highest BCUT2D eigenvalue weighted by Gasteiger charge is 2.29. The number of aryl methyl sites for hydroxylation is 1. The summed E-state index contributed by atoms with van der Waals surface area (Å²) in [6, 6.07) is 67.9. The number of fused-ring (bicyclic) bond motifs is 3. The number of para-hydroxylation sites is 1. The van der Waals surface area contributed by atoms with Crippen molar-refractivity contribution in [2.75, 3.05) is 42.3 Å². The van der Waals surface area contributed by atoms with Crippen LogP contribution in [0.25, 0.3) is 44.0 Å². The van der Waals surface area contributed by atoms with E-state index >= 15 is 0 Å². The predicted octanol–water partition coefficient (Wildman–Crippen LogP) is 15.3. The third kappa shape index (κ3) is 12.3. The summed E-state index contributed by atoms with van der Waals surface area (Å²) in [7, 11) is 12.2. The van der Waals surface area contributed by atoms with Crippen LogP contribution in [0.4, 0.5) is 5.69 Å². The number of carbonyl (C=O) groups is 1. The maximum Gasteiger partial charge on any atom is 0.352 e. The van der Waals surface area contributed by atoms with E-state index in [2.05, 4.69) is 118 Å². The van der Waals surface area contributed by atoms with E-state index in [1.54, 1.807) is 12.1 Å². The van der Waals surface area contributed by atoms with Crippen molar-refractivity contribution in [2.45, 2.75) is 31.7 Å². The van der Waals surface area contributed by atoms with E-state index < -0.39 is 5.97 Å². The monoisotopic (exact) mass is 1070 g/mol. The second-order valence-corrected chi connectivity index (χ2v) is 20.6. The van der Waals surface area contributed by atoms with Crippen molar-refractivity contribution in [3.8, 4) is 17.0 Å². The summed E-state index contributed by atoms with van der Waals surface area (Å²) in [4.78, 5) is 39.3. The van der Waals surface area contributed by atoms with Gasteiger partial charge in [0, 0.05) is 72.2 Å². The lowest BCUT2D eigenvalue weighted by molar-refractivity contribution is -0.384. The van der Waals surface area contributed by atoms with Crippen LogP contribution >= 0.6 is 11.6 Å². The smallest absolute Gasteiger partial charge is 0.352 e. The fourth-order valence-corrected chi connectivity index (χ4v) is 10.8. The van der Waals surface area contributed by atoms with Crippen molar-refractivity contribution in [1.82, 2.24) is 29.7 Å². The van der Waals surface area contributed by atoms with Gasteiger partial charge in [0.25, 0.3) is 5.69 Å². The van der Waals surface area contributed by atoms with Crippen LogP contribution in [-0.2, 0) is 6.61 Å². The van der Waals surface area contributed by atoms with Gasteiger partial charge in [-0.25, -0.2) is 4.79 Å². The quantitative estimate of drug-likeness (QED) is 0.0586. The van der Waals surface area contributed by atoms with E-state index in [0.717, 1.165) is 77.1 Å². The number of nitrogens with one attached hydrogen (secondary N) is 3. The largest absolute Gasteiger partial charge is 0.489 e. The number of ether oxygens (including phenoxy) is 1. The molecule has 0 aliphatic rings. The number of nitro benzene ring substituents is 1. The number of aromatic nitrogens is 3. The van der Waals surface area contributed by atoms with Gasteiger partial charge in [0.1, 0.15) is 18.1 Å². The van der Waals surface area contributed by atoms with Gasteiger partial charge in [-0.15, -0.1) is 0 Å². The Kier molecular flexibility index (Phi) is 17.2. The number of rotatable bonds is 15. The van der Waals surface area contributed by atoms with Gasteiger partial charge < -0.3 is 24.8 Å². The summed E-state index contributed by atoms with van der Waals surface area (Å²) in [5.41, 5.74) is 14.1. The first-order valence-electron chi connectivity index (χ1n) is 26.0. The number of aromatic carboxylic acids is 1. The second-order valence-electron chi connectivity index (χ2n) is 20.1. The Bertz CT molecular complexity index is 3820. The fourth-order valence-electron chi connectivity index (χ4n) is 10.6. The number of benzene rings is 8. The molecule has 0 radical (unpaired) electrons. The molecule has 0 aliphatic carbocycles. The highest BCUT2D eigenvalue weighted by atomic mass is 35.5. The van der Waals surface area contributed by atoms with Crippen molar-refractivity contribution in [1.29, 1.82) is 0 Å². The highest BCUT2D eigenvalue weighted by Crippen LogP contribution is 2.41. The van der Waals surface area contributed by atoms with E-state index in [1.807, 2.05) is 149 Å². The van der Waals surface area contributed by atoms with E-state index in [1.165, 1.54) is 22.6 Å². The lowest BCUT2D eigenvalue weighted by Gasteiger charge is -2.26. The van der Waals surface area contributed by atoms with Gasteiger partial charge in [0.05, 0.1) is 28.7 Å². The zero-order valence-electron chi connectivity index (χ0n) is 45.3. The number of hydrogen-bond donors (Lipinski definition) is 4. The number of nitro groups is 1. The van der Waals surface area contributed by atoms with Crippen LogP contribution in [0.15, 0.2) is 206 Å². The van der Waals surface area contributed by atoms with E-state index in [-0.39, 0.29) is 34.4 Å². The number of carboxylic acid groups (broad SMARTS) is 1. The molecule has 0 bridgehead atoms. The SMILES string of the molecule is CN(C)C(c1ccccc1)c1c(-c2ccc(Cl)cc2)[nH]c2ccccc12.CN(C)C(c1ccccc1)c1c(C(=O)O)[nH]c2ccc(OCc3ccccc3)cc12.Cc1[nH]c2ccc([N+](=O)[O-])cc2c1C(c1ccccc1)N(C)C. The van der Waals surface area contributed by atoms with Crippen LogP contribution in [0.3, 0.4) is 0 Å². The normalized spacial score (nSPS) is 12.5. The number of aromatic amines is 3. The van der Waals surface area contributed by atoms with Crippen molar-refractivity contribution in [2.24, 2.45) is 0 Å². The molecular weight excluding hydrogens is 1010 g/mol. The van der Waals surface area contributed by atoms with Gasteiger partial charge in [0.15, 0.2) is 0 Å². The zero-order chi connectivity index (χ0) is 55.7. The molecule has 13 heteroatoms. The van der Waals surface area contributed by atoms with Crippen LogP contribution < -0.4 is 4.74 Å². The molecule has 11 rings (SSSR count). The number of H-pyrrole nitrogens is 3. The third-order valence-corrected chi connectivity index (χ3v) is 14.3. The van der Waals surface area contributed by atoms with E-state index in [9.17, 15) is 20.0 Å². The molecule has 0 saturated carbocycles. The molecule has 79 heavy (non-hydrogen) atoms. The number of hydrogen-bond acceptors (Lipinski definition) is 7. The summed E-state index contributed by atoms with van der Waals surface area (Å²) in [6.45, 7) is 2.47. The van der Waals surface area contributed by atoms with Crippen molar-refractivity contribution < 1.29 is 19.6 Å². The molecule has 0 fully saturated rings. The van der Waals surface area contributed by atoms with Crippen LogP contribution in [-0.4, -0.2) is 87.9 Å². The van der Waals surface area contributed by atoms with Crippen molar-refractivity contribution in [3.05, 3.63) is 272 Å². The van der Waals surface area contributed by atoms with Crippen LogP contribution in [0, 0.1) is 17.0 Å². The van der Waals surface area contributed by atoms with Gasteiger partial charge >= 0.3 is 5.97 Å². The van der Waals surface area contributed by atoms with Gasteiger partial charge in [-0.1, -0.05) is 163 Å². The topological polar surface area (TPSA) is 147 Å². The molecular formula is C66H64ClN7O5. The molecule has 3 atom stereocenters. The first kappa shape index (κ1) is 55.0. The zero-order valence-corrected chi connectivity index (χ0v) is 46.1. The average Bonchev–Trinajstić information content (AvgIpc) is 4.29. The lowest BCUT2D eigenvalue weighted by Crippen LogP contribution is -2.22. The molecule has 400 valence electrons. The van der Waals surface area contributed by atoms with Crippen molar-refractivity contribution in [3.63, 3.8) is 0 Å². The Morgan fingerprint density at radius 1 is 0.544 bits per heavy atom. The summed E-state index contributed by atoms with van der Waals surface area (Å²) in [6.07, 6.45) is 0. The highest BCUT2D eigenvalue weighted by molar-refractivity contribution is 6.30. The Hall–Kier alpha value is -8.78. The summed E-state index contributed by atoms with van der Waals surface area (Å²) < 4.78 is 6.00. The molecule has 0 spiro atoms. The first-order chi connectivity index (χ1) is 38.2. The Balaban J connectivity index is 0.000000145. The minimum Gasteiger partial charge on any atom is -0.489 e. The molecule has 8 aromatic carbocycles. The maximum absolute atomic E-state index is 12.1. The number of carboxylic acids is 1. The molecule has 3 heterocycles. The minimum absolute atomic E-state index is 0.0342. The molecule has 0 aliphatic heterocycles. The second kappa shape index (κ2) is 24.7. The number of halogens is 1. The molecule has 3 aromatic heterocycles. The number of nitrogens with zero attached hydrogens (tertiary/aromatic N) is 4. The molecule has 0 saturated heterocycles. The molecule has 0 amide bonds. The number of non-ortho nitro benzene ring substituents is 1. The van der Waals surface area contributed by atoms with Gasteiger partial charge in [-0.3, -0.25) is 24.8 Å². The lowest BCUT2D eigenvalue weighted by atomic mass is 9.93. The van der Waals surface area contributed by atoms with Gasteiger partial charge in [-0.2, -0.15) is 0 Å². The van der Waals surface area contributed by atoms with E-state index in [4.69, 9.17) is 16.3 Å².